The van der Waals surface area contributed by atoms with Crippen molar-refractivity contribution in [2.45, 2.75) is 44.2 Å². The van der Waals surface area contributed by atoms with Crippen molar-refractivity contribution in [1.82, 2.24) is 25.2 Å². The second kappa shape index (κ2) is 15.0. The minimum Gasteiger partial charge on any atom is -0.481 e. The Labute approximate surface area is 231 Å². The molecule has 13 heteroatoms. The zero-order valence-electron chi connectivity index (χ0n) is 22.0. The third kappa shape index (κ3) is 9.21. The van der Waals surface area contributed by atoms with Crippen LogP contribution in [0.15, 0.2) is 41.4 Å². The highest BCUT2D eigenvalue weighted by Gasteiger charge is 2.31. The molecule has 0 radical (unpaired) electrons. The fraction of sp³-hybridized carbons (Fsp3) is 0.462. The molecule has 1 atom stereocenters. The number of carbonyl (C=O) groups excluding carboxylic acids is 3. The lowest BCUT2D eigenvalue weighted by atomic mass is 10.1. The van der Waals surface area contributed by atoms with Crippen LogP contribution < -0.4 is 5.32 Å². The summed E-state index contributed by atoms with van der Waals surface area (Å²) in [5.41, 5.74) is 0.829. The fourth-order valence-corrected chi connectivity index (χ4v) is 4.52. The molecule has 2 heterocycles. The van der Waals surface area contributed by atoms with Crippen LogP contribution in [0.25, 0.3) is 11.4 Å². The van der Waals surface area contributed by atoms with Gasteiger partial charge in [-0.1, -0.05) is 37.3 Å². The smallest absolute Gasteiger partial charge is 0.481 e. The molecule has 0 aliphatic carbocycles. The summed E-state index contributed by atoms with van der Waals surface area (Å²) < 4.78 is 4.77. The summed E-state index contributed by atoms with van der Waals surface area (Å²) in [4.78, 5) is 65.1. The number of benzene rings is 1. The first-order valence-corrected chi connectivity index (χ1v) is 13.8. The van der Waals surface area contributed by atoms with Gasteiger partial charge in [0.1, 0.15) is 16.8 Å². The molecule has 0 bridgehead atoms. The van der Waals surface area contributed by atoms with Crippen LogP contribution in [0.5, 0.6) is 0 Å². The van der Waals surface area contributed by atoms with Crippen LogP contribution in [0, 0.1) is 0 Å². The molecule has 1 fully saturated rings. The maximum absolute atomic E-state index is 13.3. The third-order valence-corrected chi connectivity index (χ3v) is 6.81. The summed E-state index contributed by atoms with van der Waals surface area (Å²) in [6.45, 7) is 4.82. The maximum Gasteiger partial charge on any atom is 0.527 e. The van der Waals surface area contributed by atoms with Crippen LogP contribution >= 0.6 is 11.8 Å². The van der Waals surface area contributed by atoms with Crippen molar-refractivity contribution in [2.75, 3.05) is 38.5 Å². The number of piperazine rings is 1. The topological polar surface area (TPSA) is 151 Å². The molecule has 1 aliphatic heterocycles. The van der Waals surface area contributed by atoms with Gasteiger partial charge in [-0.05, 0) is 25.5 Å². The molecule has 1 aromatic heterocycles. The van der Waals surface area contributed by atoms with E-state index in [4.69, 9.17) is 9.57 Å². The summed E-state index contributed by atoms with van der Waals surface area (Å²) >= 11 is 1.50. The highest BCUT2D eigenvalue weighted by Crippen LogP contribution is 2.22. The number of amides is 2. The molecular formula is C26H33N5O7S. The lowest BCUT2D eigenvalue weighted by molar-refractivity contribution is -0.157. The van der Waals surface area contributed by atoms with Gasteiger partial charge in [-0.25, -0.2) is 14.8 Å². The Morgan fingerprint density at radius 2 is 1.79 bits per heavy atom. The van der Waals surface area contributed by atoms with Crippen molar-refractivity contribution in [3.05, 3.63) is 42.1 Å². The van der Waals surface area contributed by atoms with Gasteiger partial charge in [-0.15, -0.1) is 16.8 Å². The number of carboxylic acid groups (broad SMARTS) is 1. The predicted octanol–water partition coefficient (Wildman–Crippen LogP) is 2.84. The highest BCUT2D eigenvalue weighted by atomic mass is 32.2. The molecule has 2 aromatic rings. The Hall–Kier alpha value is -3.71. The van der Waals surface area contributed by atoms with Crippen molar-refractivity contribution in [2.24, 2.45) is 0 Å². The van der Waals surface area contributed by atoms with E-state index in [9.17, 15) is 24.3 Å². The van der Waals surface area contributed by atoms with Crippen LogP contribution in [-0.4, -0.2) is 93.6 Å². The molecule has 1 aliphatic rings. The number of thioether (sulfide) groups is 1. The first kappa shape index (κ1) is 29.8. The lowest BCUT2D eigenvalue weighted by Crippen LogP contribution is -2.55. The molecule has 0 spiro atoms. The van der Waals surface area contributed by atoms with E-state index in [1.54, 1.807) is 13.0 Å². The van der Waals surface area contributed by atoms with Crippen LogP contribution in [0.4, 0.5) is 4.79 Å². The summed E-state index contributed by atoms with van der Waals surface area (Å²) in [7, 11) is 0. The Kier molecular flexibility index (Phi) is 11.5. The Bertz CT molecular complexity index is 1140. The molecule has 1 aromatic carbocycles. The SMILES string of the molecule is CCCSc1cc(C(=O)N[C@@H](CCC(=O)O)C(=O)N2CCN(OC(=O)OCC)CC2)nc(-c2ccccc2)n1. The molecule has 3 rings (SSSR count). The summed E-state index contributed by atoms with van der Waals surface area (Å²) in [6, 6.07) is 9.75. The number of rotatable bonds is 12. The van der Waals surface area contributed by atoms with Crippen LogP contribution in [-0.2, 0) is 19.2 Å². The zero-order chi connectivity index (χ0) is 28.2. The number of ether oxygens (including phenoxy) is 1. The van der Waals surface area contributed by atoms with Crippen molar-refractivity contribution < 1.29 is 33.9 Å². The molecule has 2 N–H and O–H groups in total. The van der Waals surface area contributed by atoms with Crippen molar-refractivity contribution in [3.8, 4) is 11.4 Å². The van der Waals surface area contributed by atoms with Gasteiger partial charge in [0.15, 0.2) is 5.82 Å². The van der Waals surface area contributed by atoms with Gasteiger partial charge < -0.3 is 24.9 Å². The second-order valence-electron chi connectivity index (χ2n) is 8.62. The standard InChI is InChI=1S/C26H33N5O7S/c1-3-16-39-21-17-20(27-23(29-21)18-8-6-5-7-9-18)24(34)28-19(10-11-22(32)33)25(35)30-12-14-31(15-13-30)38-26(36)37-4-2/h5-9,17,19H,3-4,10-16H2,1-2H3,(H,28,34)(H,32,33)/t19-/m0/s1. The molecule has 12 nitrogen and oxygen atoms in total. The van der Waals surface area contributed by atoms with E-state index >= 15 is 0 Å². The van der Waals surface area contributed by atoms with Crippen LogP contribution in [0.3, 0.4) is 0 Å². The van der Waals surface area contributed by atoms with Crippen LogP contribution in [0.1, 0.15) is 43.6 Å². The van der Waals surface area contributed by atoms with Gasteiger partial charge >= 0.3 is 12.1 Å². The normalized spacial score (nSPS) is 14.4. The van der Waals surface area contributed by atoms with E-state index in [2.05, 4.69) is 15.3 Å². The Morgan fingerprint density at radius 1 is 1.08 bits per heavy atom. The van der Waals surface area contributed by atoms with E-state index in [0.717, 1.165) is 17.7 Å². The molecule has 210 valence electrons. The number of nitrogens with zero attached hydrogens (tertiary/aromatic N) is 4. The molecule has 1 saturated heterocycles. The number of hydrogen-bond acceptors (Lipinski definition) is 10. The highest BCUT2D eigenvalue weighted by molar-refractivity contribution is 7.99. The summed E-state index contributed by atoms with van der Waals surface area (Å²) in [5, 5.41) is 13.9. The predicted molar refractivity (Wildman–Crippen MR) is 143 cm³/mol. The quantitative estimate of drug-likeness (QED) is 0.224. The second-order valence-corrected chi connectivity index (χ2v) is 9.73. The molecule has 39 heavy (non-hydrogen) atoms. The Balaban J connectivity index is 1.75. The molecule has 0 unspecified atom stereocenters. The molecular weight excluding hydrogens is 526 g/mol. The molecule has 0 saturated carbocycles. The average Bonchev–Trinajstić information content (AvgIpc) is 2.94. The third-order valence-electron chi connectivity index (χ3n) is 5.69. The van der Waals surface area contributed by atoms with Gasteiger partial charge in [0.2, 0.25) is 5.91 Å². The molecule has 2 amide bonds. The minimum absolute atomic E-state index is 0.0863. The number of aromatic nitrogens is 2. The lowest BCUT2D eigenvalue weighted by Gasteiger charge is -2.35. The Morgan fingerprint density at radius 3 is 2.44 bits per heavy atom. The van der Waals surface area contributed by atoms with E-state index in [0.29, 0.717) is 10.9 Å². The van der Waals surface area contributed by atoms with Gasteiger partial charge in [-0.2, -0.15) is 0 Å². The fourth-order valence-electron chi connectivity index (χ4n) is 3.77. The largest absolute Gasteiger partial charge is 0.527 e. The van der Waals surface area contributed by atoms with Gasteiger partial charge in [0.25, 0.3) is 5.91 Å². The average molecular weight is 560 g/mol. The first-order chi connectivity index (χ1) is 18.8. The zero-order valence-corrected chi connectivity index (χ0v) is 22.8. The monoisotopic (exact) mass is 559 g/mol. The number of hydrogen-bond donors (Lipinski definition) is 2. The maximum atomic E-state index is 13.3. The van der Waals surface area contributed by atoms with Crippen molar-refractivity contribution in [1.29, 1.82) is 0 Å². The van der Waals surface area contributed by atoms with Gasteiger partial charge in [0, 0.05) is 31.1 Å². The van der Waals surface area contributed by atoms with E-state index in [1.807, 2.05) is 37.3 Å². The van der Waals surface area contributed by atoms with Crippen molar-refractivity contribution in [3.63, 3.8) is 0 Å². The van der Waals surface area contributed by atoms with Gasteiger partial charge in [0.05, 0.1) is 19.7 Å². The van der Waals surface area contributed by atoms with Crippen LogP contribution in [0.2, 0.25) is 0 Å². The number of hydroxylamine groups is 2. The van der Waals surface area contributed by atoms with E-state index in [1.165, 1.54) is 21.7 Å². The summed E-state index contributed by atoms with van der Waals surface area (Å²) in [5.74, 6) is -0.911. The first-order valence-electron chi connectivity index (χ1n) is 12.8. The summed E-state index contributed by atoms with van der Waals surface area (Å²) in [6.07, 6.45) is -0.298. The number of carbonyl (C=O) groups is 4. The number of carboxylic acids is 1. The number of aliphatic carboxylic acids is 1. The van der Waals surface area contributed by atoms with E-state index in [-0.39, 0.29) is 51.3 Å². The van der Waals surface area contributed by atoms with Gasteiger partial charge in [-0.3, -0.25) is 14.4 Å². The van der Waals surface area contributed by atoms with Crippen molar-refractivity contribution >= 4 is 35.7 Å². The minimum atomic E-state index is -1.08. The number of nitrogens with one attached hydrogen (secondary N) is 1. The van der Waals surface area contributed by atoms with E-state index < -0.39 is 30.0 Å².